The molecular weight excluding hydrogens is 341 g/mol. The van der Waals surface area contributed by atoms with E-state index in [2.05, 4.69) is 5.32 Å². The van der Waals surface area contributed by atoms with Crippen molar-refractivity contribution in [2.75, 3.05) is 18.9 Å². The number of nitro groups is 1. The van der Waals surface area contributed by atoms with Gasteiger partial charge in [-0.15, -0.1) is 0 Å². The van der Waals surface area contributed by atoms with E-state index in [0.717, 1.165) is 0 Å². The Morgan fingerprint density at radius 2 is 1.92 bits per heavy atom. The monoisotopic (exact) mass is 357 g/mol. The topological polar surface area (TPSA) is 92.6 Å². The second-order valence-electron chi connectivity index (χ2n) is 5.43. The van der Waals surface area contributed by atoms with Crippen molar-refractivity contribution in [3.8, 4) is 0 Å². The molecule has 0 aliphatic rings. The molecule has 0 saturated heterocycles. The van der Waals surface area contributed by atoms with Crippen LogP contribution >= 0.6 is 0 Å². The van der Waals surface area contributed by atoms with Gasteiger partial charge in [0.1, 0.15) is 5.82 Å². The highest BCUT2D eigenvalue weighted by Gasteiger charge is 2.11. The molecule has 0 bridgehead atoms. The highest BCUT2D eigenvalue weighted by atomic mass is 19.1. The fraction of sp³-hybridized carbons (Fsp3) is 0.111. The maximum Gasteiger partial charge on any atom is 0.270 e. The largest absolute Gasteiger partial charge is 0.333 e. The Bertz CT molecular complexity index is 850. The first-order valence-electron chi connectivity index (χ1n) is 7.58. The predicted molar refractivity (Wildman–Crippen MR) is 94.8 cm³/mol. The third kappa shape index (κ3) is 5.52. The molecule has 0 radical (unpaired) electrons. The number of amides is 2. The Hall–Kier alpha value is -3.55. The van der Waals surface area contributed by atoms with Crippen LogP contribution in [-0.4, -0.2) is 35.2 Å². The van der Waals surface area contributed by atoms with Gasteiger partial charge in [-0.25, -0.2) is 4.39 Å². The van der Waals surface area contributed by atoms with Crippen molar-refractivity contribution < 1.29 is 18.9 Å². The number of carbonyl (C=O) groups excluding carboxylic acids is 2. The molecule has 0 aromatic heterocycles. The summed E-state index contributed by atoms with van der Waals surface area (Å²) in [5, 5.41) is 13.3. The van der Waals surface area contributed by atoms with Gasteiger partial charge in [-0.2, -0.15) is 0 Å². The van der Waals surface area contributed by atoms with Gasteiger partial charge in [-0.1, -0.05) is 12.1 Å². The molecule has 0 unspecified atom stereocenters. The summed E-state index contributed by atoms with van der Waals surface area (Å²) in [5.41, 5.74) is 0.840. The van der Waals surface area contributed by atoms with E-state index < -0.39 is 22.6 Å². The SMILES string of the molecule is CN(CC(=O)Nc1ccc(F)cc1)C(=O)/C=C/c1cccc([N+](=O)[O-])c1. The summed E-state index contributed by atoms with van der Waals surface area (Å²) in [6.45, 7) is -0.199. The number of nitrogens with zero attached hydrogens (tertiary/aromatic N) is 2. The molecule has 2 amide bonds. The van der Waals surface area contributed by atoms with Crippen molar-refractivity contribution >= 4 is 29.3 Å². The van der Waals surface area contributed by atoms with Crippen LogP contribution in [0.5, 0.6) is 0 Å². The molecule has 2 aromatic rings. The molecule has 26 heavy (non-hydrogen) atoms. The van der Waals surface area contributed by atoms with Crippen molar-refractivity contribution in [2.45, 2.75) is 0 Å². The first-order chi connectivity index (χ1) is 12.3. The lowest BCUT2D eigenvalue weighted by molar-refractivity contribution is -0.384. The van der Waals surface area contributed by atoms with Crippen LogP contribution in [0.3, 0.4) is 0 Å². The lowest BCUT2D eigenvalue weighted by atomic mass is 10.2. The summed E-state index contributed by atoms with van der Waals surface area (Å²) in [6.07, 6.45) is 2.66. The van der Waals surface area contributed by atoms with Crippen molar-refractivity contribution in [2.24, 2.45) is 0 Å². The van der Waals surface area contributed by atoms with E-state index in [4.69, 9.17) is 0 Å². The van der Waals surface area contributed by atoms with Gasteiger partial charge < -0.3 is 10.2 Å². The molecule has 1 N–H and O–H groups in total. The fourth-order valence-corrected chi connectivity index (χ4v) is 2.06. The van der Waals surface area contributed by atoms with Gasteiger partial charge in [0, 0.05) is 30.9 Å². The van der Waals surface area contributed by atoms with E-state index in [9.17, 15) is 24.1 Å². The van der Waals surface area contributed by atoms with E-state index >= 15 is 0 Å². The van der Waals surface area contributed by atoms with Gasteiger partial charge in [0.25, 0.3) is 5.69 Å². The summed E-state index contributed by atoms with van der Waals surface area (Å²) < 4.78 is 12.8. The summed E-state index contributed by atoms with van der Waals surface area (Å²) >= 11 is 0. The summed E-state index contributed by atoms with van der Waals surface area (Å²) in [4.78, 5) is 35.3. The quantitative estimate of drug-likeness (QED) is 0.489. The molecule has 7 nitrogen and oxygen atoms in total. The predicted octanol–water partition coefficient (Wildman–Crippen LogP) is 2.84. The summed E-state index contributed by atoms with van der Waals surface area (Å²) in [6, 6.07) is 11.1. The summed E-state index contributed by atoms with van der Waals surface area (Å²) in [7, 11) is 1.45. The second-order valence-corrected chi connectivity index (χ2v) is 5.43. The zero-order valence-electron chi connectivity index (χ0n) is 13.9. The van der Waals surface area contributed by atoms with Crippen molar-refractivity contribution in [3.63, 3.8) is 0 Å². The van der Waals surface area contributed by atoms with Gasteiger partial charge in [0.15, 0.2) is 0 Å². The smallest absolute Gasteiger partial charge is 0.270 e. The number of hydrogen-bond acceptors (Lipinski definition) is 4. The van der Waals surface area contributed by atoms with Gasteiger partial charge in [-0.05, 0) is 35.9 Å². The minimum Gasteiger partial charge on any atom is -0.333 e. The number of hydrogen-bond donors (Lipinski definition) is 1. The van der Waals surface area contributed by atoms with Crippen LogP contribution in [-0.2, 0) is 9.59 Å². The minimum atomic E-state index is -0.523. The Morgan fingerprint density at radius 3 is 2.58 bits per heavy atom. The zero-order chi connectivity index (χ0) is 19.1. The van der Waals surface area contributed by atoms with Crippen molar-refractivity contribution in [1.82, 2.24) is 4.90 Å². The number of nitrogens with one attached hydrogen (secondary N) is 1. The molecule has 8 heteroatoms. The average Bonchev–Trinajstić information content (AvgIpc) is 2.61. The number of nitro benzene ring substituents is 1. The van der Waals surface area contributed by atoms with E-state index in [-0.39, 0.29) is 12.2 Å². The minimum absolute atomic E-state index is 0.0772. The van der Waals surface area contributed by atoms with Crippen molar-refractivity contribution in [1.29, 1.82) is 0 Å². The normalized spacial score (nSPS) is 10.5. The average molecular weight is 357 g/mol. The lowest BCUT2D eigenvalue weighted by Gasteiger charge is -2.14. The van der Waals surface area contributed by atoms with Gasteiger partial charge >= 0.3 is 0 Å². The third-order valence-electron chi connectivity index (χ3n) is 3.38. The highest BCUT2D eigenvalue weighted by Crippen LogP contribution is 2.14. The van der Waals surface area contributed by atoms with Crippen molar-refractivity contribution in [3.05, 3.63) is 76.1 Å². The maximum atomic E-state index is 12.8. The van der Waals surface area contributed by atoms with E-state index in [1.165, 1.54) is 66.6 Å². The number of carbonyl (C=O) groups is 2. The fourth-order valence-electron chi connectivity index (χ4n) is 2.06. The molecule has 2 aromatic carbocycles. The first-order valence-corrected chi connectivity index (χ1v) is 7.58. The van der Waals surface area contributed by atoms with Crippen LogP contribution in [0.25, 0.3) is 6.08 Å². The number of benzene rings is 2. The van der Waals surface area contributed by atoms with E-state index in [1.807, 2.05) is 0 Å². The van der Waals surface area contributed by atoms with Crippen LogP contribution in [0, 0.1) is 15.9 Å². The second kappa shape index (κ2) is 8.52. The van der Waals surface area contributed by atoms with Crippen LogP contribution in [0.2, 0.25) is 0 Å². The first kappa shape index (κ1) is 18.8. The van der Waals surface area contributed by atoms with Crippen LogP contribution in [0.15, 0.2) is 54.6 Å². The Morgan fingerprint density at radius 1 is 1.23 bits per heavy atom. The number of anilines is 1. The Kier molecular flexibility index (Phi) is 6.15. The lowest BCUT2D eigenvalue weighted by Crippen LogP contribution is -2.33. The molecular formula is C18H16FN3O4. The number of halogens is 1. The van der Waals surface area contributed by atoms with Crippen LogP contribution in [0.4, 0.5) is 15.8 Å². The van der Waals surface area contributed by atoms with Crippen LogP contribution in [0.1, 0.15) is 5.56 Å². The number of non-ortho nitro benzene ring substituents is 1. The third-order valence-corrected chi connectivity index (χ3v) is 3.38. The van der Waals surface area contributed by atoms with Gasteiger partial charge in [0.2, 0.25) is 11.8 Å². The standard InChI is InChI=1S/C18H16FN3O4/c1-21(12-17(23)20-15-8-6-14(19)7-9-15)18(24)10-5-13-3-2-4-16(11-13)22(25)26/h2-11H,12H2,1H3,(H,20,23)/b10-5+. The van der Waals surface area contributed by atoms with Gasteiger partial charge in [-0.3, -0.25) is 19.7 Å². The maximum absolute atomic E-state index is 12.8. The molecule has 0 heterocycles. The number of rotatable bonds is 6. The van der Waals surface area contributed by atoms with Crippen LogP contribution < -0.4 is 5.32 Å². The molecule has 0 fully saturated rings. The highest BCUT2D eigenvalue weighted by molar-refractivity contribution is 5.97. The van der Waals surface area contributed by atoms with E-state index in [1.54, 1.807) is 6.07 Å². The Balaban J connectivity index is 1.92. The Labute approximate surface area is 148 Å². The molecule has 0 atom stereocenters. The molecule has 2 rings (SSSR count). The molecule has 0 aliphatic heterocycles. The van der Waals surface area contributed by atoms with Gasteiger partial charge in [0.05, 0.1) is 11.5 Å². The summed E-state index contributed by atoms with van der Waals surface area (Å²) in [5.74, 6) is -1.29. The zero-order valence-corrected chi connectivity index (χ0v) is 13.9. The number of likely N-dealkylation sites (N-methyl/N-ethyl adjacent to an activating group) is 1. The molecule has 0 saturated carbocycles. The van der Waals surface area contributed by atoms with E-state index in [0.29, 0.717) is 11.3 Å². The molecule has 0 spiro atoms. The molecule has 134 valence electrons. The molecule has 0 aliphatic carbocycles.